The highest BCUT2D eigenvalue weighted by Crippen LogP contribution is 2.24. The Bertz CT molecular complexity index is 649. The van der Waals surface area contributed by atoms with Crippen molar-refractivity contribution in [3.8, 4) is 0 Å². The molecule has 1 amide bonds. The van der Waals surface area contributed by atoms with Crippen LogP contribution in [0.1, 0.15) is 28.8 Å². The molecule has 4 heteroatoms. The fourth-order valence-corrected chi connectivity index (χ4v) is 3.84. The molecule has 1 aliphatic heterocycles. The minimum absolute atomic E-state index is 0.144. The summed E-state index contributed by atoms with van der Waals surface area (Å²) in [6.45, 7) is 2.38. The molecule has 2 N–H and O–H groups in total. The fourth-order valence-electron chi connectivity index (χ4n) is 2.99. The third-order valence-electron chi connectivity index (χ3n) is 4.58. The van der Waals surface area contributed by atoms with Crippen LogP contribution in [0.15, 0.2) is 59.5 Å². The van der Waals surface area contributed by atoms with E-state index >= 15 is 0 Å². The first-order valence-electron chi connectivity index (χ1n) is 8.52. The molecule has 2 aromatic carbocycles. The molecular formula is C20H24N2OS. The molecule has 126 valence electrons. The molecule has 0 saturated carbocycles. The van der Waals surface area contributed by atoms with E-state index < -0.39 is 0 Å². The normalized spacial score (nSPS) is 15.5. The lowest BCUT2D eigenvalue weighted by Gasteiger charge is -2.31. The zero-order valence-corrected chi connectivity index (χ0v) is 14.7. The van der Waals surface area contributed by atoms with Crippen LogP contribution in [0.2, 0.25) is 0 Å². The average molecular weight is 340 g/mol. The second kappa shape index (κ2) is 8.36. The van der Waals surface area contributed by atoms with Gasteiger partial charge in [-0.25, -0.2) is 0 Å². The van der Waals surface area contributed by atoms with Crippen molar-refractivity contribution in [3.63, 3.8) is 0 Å². The van der Waals surface area contributed by atoms with E-state index in [0.29, 0.717) is 5.92 Å². The van der Waals surface area contributed by atoms with Crippen molar-refractivity contribution in [2.45, 2.75) is 23.5 Å². The fraction of sp³-hybridized carbons (Fsp3) is 0.350. The number of hydrogen-bond donors (Lipinski definition) is 1. The van der Waals surface area contributed by atoms with E-state index in [-0.39, 0.29) is 5.91 Å². The topological polar surface area (TPSA) is 46.3 Å². The molecule has 24 heavy (non-hydrogen) atoms. The van der Waals surface area contributed by atoms with Gasteiger partial charge in [-0.2, -0.15) is 0 Å². The predicted octanol–water partition coefficient (Wildman–Crippen LogP) is 3.79. The highest BCUT2D eigenvalue weighted by atomic mass is 32.2. The summed E-state index contributed by atoms with van der Waals surface area (Å²) in [5, 5.41) is 0. The number of likely N-dealkylation sites (tertiary alicyclic amines) is 1. The summed E-state index contributed by atoms with van der Waals surface area (Å²) < 4.78 is 0. The summed E-state index contributed by atoms with van der Waals surface area (Å²) in [5.74, 6) is 1.66. The first-order valence-corrected chi connectivity index (χ1v) is 9.51. The molecular weight excluding hydrogens is 316 g/mol. The van der Waals surface area contributed by atoms with Crippen LogP contribution < -0.4 is 5.73 Å². The van der Waals surface area contributed by atoms with E-state index in [1.807, 2.05) is 35.2 Å². The van der Waals surface area contributed by atoms with Gasteiger partial charge in [-0.15, -0.1) is 11.8 Å². The molecule has 3 nitrogen and oxygen atoms in total. The molecule has 0 aliphatic carbocycles. The van der Waals surface area contributed by atoms with Crippen molar-refractivity contribution in [3.05, 3.63) is 65.7 Å². The van der Waals surface area contributed by atoms with Gasteiger partial charge in [-0.3, -0.25) is 4.79 Å². The number of nitrogens with two attached hydrogens (primary N) is 1. The zero-order valence-electron chi connectivity index (χ0n) is 13.9. The van der Waals surface area contributed by atoms with Crippen LogP contribution in [0, 0.1) is 5.92 Å². The average Bonchev–Trinajstić information content (AvgIpc) is 2.67. The smallest absolute Gasteiger partial charge is 0.253 e. The van der Waals surface area contributed by atoms with E-state index in [4.69, 9.17) is 5.73 Å². The van der Waals surface area contributed by atoms with Gasteiger partial charge >= 0.3 is 0 Å². The highest BCUT2D eigenvalue weighted by molar-refractivity contribution is 7.98. The lowest BCUT2D eigenvalue weighted by atomic mass is 9.96. The first kappa shape index (κ1) is 17.1. The molecule has 0 spiro atoms. The third kappa shape index (κ3) is 4.40. The van der Waals surface area contributed by atoms with E-state index in [1.165, 1.54) is 10.5 Å². The Morgan fingerprint density at radius 1 is 1.04 bits per heavy atom. The van der Waals surface area contributed by atoms with Crippen molar-refractivity contribution >= 4 is 17.7 Å². The summed E-state index contributed by atoms with van der Waals surface area (Å²) in [7, 11) is 0. The lowest BCUT2D eigenvalue weighted by Crippen LogP contribution is -2.40. The lowest BCUT2D eigenvalue weighted by molar-refractivity contribution is 0.0693. The summed E-state index contributed by atoms with van der Waals surface area (Å²) in [6.07, 6.45) is 2.04. The van der Waals surface area contributed by atoms with Gasteiger partial charge in [0.25, 0.3) is 5.91 Å². The maximum Gasteiger partial charge on any atom is 0.253 e. The number of nitrogens with zero attached hydrogens (tertiary/aromatic N) is 1. The Morgan fingerprint density at radius 2 is 1.71 bits per heavy atom. The van der Waals surface area contributed by atoms with Crippen LogP contribution in [0.4, 0.5) is 0 Å². The number of carbonyl (C=O) groups excluding carboxylic acids is 1. The molecule has 0 aromatic heterocycles. The van der Waals surface area contributed by atoms with E-state index in [0.717, 1.165) is 43.8 Å². The Labute approximate surface area is 148 Å². The minimum Gasteiger partial charge on any atom is -0.339 e. The van der Waals surface area contributed by atoms with Gasteiger partial charge in [-0.1, -0.05) is 30.3 Å². The number of benzene rings is 2. The van der Waals surface area contributed by atoms with Crippen molar-refractivity contribution in [2.75, 3.05) is 19.6 Å². The maximum atomic E-state index is 12.6. The molecule has 1 saturated heterocycles. The summed E-state index contributed by atoms with van der Waals surface area (Å²) in [5.41, 5.74) is 7.81. The van der Waals surface area contributed by atoms with Crippen LogP contribution in [-0.2, 0) is 5.75 Å². The number of amides is 1. The zero-order chi connectivity index (χ0) is 16.8. The number of rotatable bonds is 5. The second-order valence-electron chi connectivity index (χ2n) is 6.27. The van der Waals surface area contributed by atoms with Gasteiger partial charge in [0.1, 0.15) is 0 Å². The third-order valence-corrected chi connectivity index (χ3v) is 5.67. The van der Waals surface area contributed by atoms with E-state index in [9.17, 15) is 4.79 Å². The van der Waals surface area contributed by atoms with Crippen molar-refractivity contribution < 1.29 is 4.79 Å². The molecule has 1 aliphatic rings. The Hall–Kier alpha value is -1.78. The van der Waals surface area contributed by atoms with Gasteiger partial charge in [0.05, 0.1) is 0 Å². The minimum atomic E-state index is 0.144. The molecule has 0 unspecified atom stereocenters. The predicted molar refractivity (Wildman–Crippen MR) is 100 cm³/mol. The van der Waals surface area contributed by atoms with Gasteiger partial charge in [0.2, 0.25) is 0 Å². The molecule has 1 heterocycles. The number of carbonyl (C=O) groups is 1. The first-order chi connectivity index (χ1) is 11.8. The van der Waals surface area contributed by atoms with E-state index in [2.05, 4.69) is 24.3 Å². The van der Waals surface area contributed by atoms with Crippen LogP contribution in [0.3, 0.4) is 0 Å². The van der Waals surface area contributed by atoms with Crippen LogP contribution >= 0.6 is 11.8 Å². The number of piperidine rings is 1. The highest BCUT2D eigenvalue weighted by Gasteiger charge is 2.22. The molecule has 0 atom stereocenters. The van der Waals surface area contributed by atoms with Crippen molar-refractivity contribution in [1.29, 1.82) is 0 Å². The molecule has 1 fully saturated rings. The Morgan fingerprint density at radius 3 is 2.33 bits per heavy atom. The summed E-state index contributed by atoms with van der Waals surface area (Å²) >= 11 is 1.79. The largest absolute Gasteiger partial charge is 0.339 e. The van der Waals surface area contributed by atoms with Crippen molar-refractivity contribution in [1.82, 2.24) is 4.90 Å². The molecule has 3 rings (SSSR count). The standard InChI is InChI=1S/C20H24N2OS/c21-14-16-10-12-22(13-11-16)20(23)18-6-8-19(9-7-18)24-15-17-4-2-1-3-5-17/h1-9,16H,10-15,21H2. The van der Waals surface area contributed by atoms with Gasteiger partial charge < -0.3 is 10.6 Å². The quantitative estimate of drug-likeness (QED) is 0.842. The Kier molecular flexibility index (Phi) is 5.94. The van der Waals surface area contributed by atoms with Crippen LogP contribution in [-0.4, -0.2) is 30.4 Å². The number of thioether (sulfide) groups is 1. The van der Waals surface area contributed by atoms with Gasteiger partial charge in [0.15, 0.2) is 0 Å². The van der Waals surface area contributed by atoms with Crippen LogP contribution in [0.25, 0.3) is 0 Å². The SMILES string of the molecule is NCC1CCN(C(=O)c2ccc(SCc3ccccc3)cc2)CC1. The van der Waals surface area contributed by atoms with Crippen molar-refractivity contribution in [2.24, 2.45) is 11.7 Å². The molecule has 0 bridgehead atoms. The van der Waals surface area contributed by atoms with Gasteiger partial charge in [-0.05, 0) is 55.1 Å². The van der Waals surface area contributed by atoms with Crippen LogP contribution in [0.5, 0.6) is 0 Å². The maximum absolute atomic E-state index is 12.6. The summed E-state index contributed by atoms with van der Waals surface area (Å²) in [4.78, 5) is 15.7. The molecule has 2 aromatic rings. The molecule has 0 radical (unpaired) electrons. The second-order valence-corrected chi connectivity index (χ2v) is 7.32. The Balaban J connectivity index is 1.55. The summed E-state index contributed by atoms with van der Waals surface area (Å²) in [6, 6.07) is 18.4. The number of hydrogen-bond acceptors (Lipinski definition) is 3. The van der Waals surface area contributed by atoms with E-state index in [1.54, 1.807) is 11.8 Å². The van der Waals surface area contributed by atoms with Gasteiger partial charge in [0, 0.05) is 29.3 Å². The monoisotopic (exact) mass is 340 g/mol.